The summed E-state index contributed by atoms with van der Waals surface area (Å²) in [5.41, 5.74) is 0.800. The minimum absolute atomic E-state index is 0.800. The lowest BCUT2D eigenvalue weighted by atomic mass is 10.2. The van der Waals surface area contributed by atoms with E-state index in [1.165, 1.54) is 0 Å². The highest BCUT2D eigenvalue weighted by atomic mass is 16.1. The molecule has 1 nitrogen and oxygen atoms in total. The van der Waals surface area contributed by atoms with E-state index in [1.54, 1.807) is 0 Å². The van der Waals surface area contributed by atoms with Gasteiger partial charge in [0.1, 0.15) is 6.29 Å². The predicted molar refractivity (Wildman–Crippen MR) is 48.5 cm³/mol. The van der Waals surface area contributed by atoms with Gasteiger partial charge in [0, 0.05) is 5.57 Å². The predicted octanol–water partition coefficient (Wildman–Crippen LogP) is 2.88. The van der Waals surface area contributed by atoms with Crippen LogP contribution in [0.4, 0.5) is 0 Å². The van der Waals surface area contributed by atoms with Crippen LogP contribution in [0.2, 0.25) is 0 Å². The van der Waals surface area contributed by atoms with Crippen molar-refractivity contribution >= 4 is 6.29 Å². The Morgan fingerprint density at radius 1 is 1.36 bits per heavy atom. The van der Waals surface area contributed by atoms with E-state index < -0.39 is 0 Å². The number of aldehydes is 1. The minimum Gasteiger partial charge on any atom is -0.298 e. The first-order valence-electron chi connectivity index (χ1n) is 4.17. The summed E-state index contributed by atoms with van der Waals surface area (Å²) in [5, 5.41) is 0. The monoisotopic (exact) mass is 152 g/mol. The zero-order valence-corrected chi connectivity index (χ0v) is 7.34. The van der Waals surface area contributed by atoms with Gasteiger partial charge in [-0.3, -0.25) is 4.79 Å². The van der Waals surface area contributed by atoms with E-state index in [0.717, 1.165) is 31.1 Å². The van der Waals surface area contributed by atoms with Crippen LogP contribution < -0.4 is 0 Å². The van der Waals surface area contributed by atoms with Gasteiger partial charge in [0.15, 0.2) is 0 Å². The van der Waals surface area contributed by atoms with E-state index >= 15 is 0 Å². The van der Waals surface area contributed by atoms with Crippen molar-refractivity contribution in [3.8, 4) is 0 Å². The lowest BCUT2D eigenvalue weighted by Crippen LogP contribution is -1.78. The summed E-state index contributed by atoms with van der Waals surface area (Å²) in [4.78, 5) is 10.4. The largest absolute Gasteiger partial charge is 0.298 e. The second-order valence-electron chi connectivity index (χ2n) is 2.42. The molecule has 0 heterocycles. The van der Waals surface area contributed by atoms with Gasteiger partial charge in [-0.25, -0.2) is 0 Å². The number of hydrogen-bond acceptors (Lipinski definition) is 1. The summed E-state index contributed by atoms with van der Waals surface area (Å²) < 4.78 is 0. The Morgan fingerprint density at radius 2 is 2.09 bits per heavy atom. The van der Waals surface area contributed by atoms with Gasteiger partial charge in [-0.2, -0.15) is 0 Å². The molecular formula is C10H16O. The van der Waals surface area contributed by atoms with E-state index in [1.807, 2.05) is 18.2 Å². The first-order valence-corrected chi connectivity index (χ1v) is 4.17. The van der Waals surface area contributed by atoms with E-state index in [2.05, 4.69) is 13.8 Å². The van der Waals surface area contributed by atoms with Crippen molar-refractivity contribution in [3.63, 3.8) is 0 Å². The maximum atomic E-state index is 10.4. The smallest absolute Gasteiger partial charge is 0.149 e. The van der Waals surface area contributed by atoms with E-state index in [9.17, 15) is 4.79 Å². The molecule has 0 aromatic carbocycles. The van der Waals surface area contributed by atoms with E-state index in [-0.39, 0.29) is 0 Å². The summed E-state index contributed by atoms with van der Waals surface area (Å²) in [6.07, 6.45) is 9.82. The molecule has 0 aliphatic rings. The Labute approximate surface area is 68.8 Å². The molecule has 0 radical (unpaired) electrons. The molecule has 0 spiro atoms. The molecule has 0 aliphatic heterocycles. The van der Waals surface area contributed by atoms with Crippen LogP contribution in [0, 0.1) is 0 Å². The molecule has 0 rings (SSSR count). The van der Waals surface area contributed by atoms with Crippen molar-refractivity contribution in [2.75, 3.05) is 0 Å². The maximum absolute atomic E-state index is 10.4. The number of carbonyl (C=O) groups is 1. The summed E-state index contributed by atoms with van der Waals surface area (Å²) in [6.45, 7) is 4.15. The SMILES string of the molecule is CC/C=C\C(C=O)=C/CCC. The molecule has 0 N–H and O–H groups in total. The lowest BCUT2D eigenvalue weighted by molar-refractivity contribution is -0.104. The normalized spacial score (nSPS) is 12.4. The summed E-state index contributed by atoms with van der Waals surface area (Å²) >= 11 is 0. The fraction of sp³-hybridized carbons (Fsp3) is 0.500. The fourth-order valence-electron chi connectivity index (χ4n) is 0.720. The molecule has 0 unspecified atom stereocenters. The topological polar surface area (TPSA) is 17.1 Å². The van der Waals surface area contributed by atoms with Crippen LogP contribution in [0.15, 0.2) is 23.8 Å². The Hall–Kier alpha value is -0.850. The highest BCUT2D eigenvalue weighted by Gasteiger charge is 1.85. The van der Waals surface area contributed by atoms with Gasteiger partial charge in [0.05, 0.1) is 0 Å². The van der Waals surface area contributed by atoms with Crippen LogP contribution >= 0.6 is 0 Å². The summed E-state index contributed by atoms with van der Waals surface area (Å²) in [6, 6.07) is 0. The van der Waals surface area contributed by atoms with Gasteiger partial charge in [0.25, 0.3) is 0 Å². The van der Waals surface area contributed by atoms with Crippen LogP contribution in [0.3, 0.4) is 0 Å². The molecule has 11 heavy (non-hydrogen) atoms. The fourth-order valence-corrected chi connectivity index (χ4v) is 0.720. The van der Waals surface area contributed by atoms with Crippen LogP contribution in [0.25, 0.3) is 0 Å². The van der Waals surface area contributed by atoms with Crippen molar-refractivity contribution in [2.24, 2.45) is 0 Å². The zero-order chi connectivity index (χ0) is 8.53. The molecule has 0 saturated heterocycles. The molecule has 0 fully saturated rings. The van der Waals surface area contributed by atoms with Gasteiger partial charge in [-0.05, 0) is 12.8 Å². The van der Waals surface area contributed by atoms with Crippen molar-refractivity contribution < 1.29 is 4.79 Å². The van der Waals surface area contributed by atoms with E-state index in [0.29, 0.717) is 0 Å². The van der Waals surface area contributed by atoms with Crippen molar-refractivity contribution in [1.29, 1.82) is 0 Å². The van der Waals surface area contributed by atoms with Crippen LogP contribution in [0.1, 0.15) is 33.1 Å². The average molecular weight is 152 g/mol. The number of allylic oxidation sites excluding steroid dienone is 4. The molecule has 0 saturated carbocycles. The van der Waals surface area contributed by atoms with Crippen LogP contribution in [-0.2, 0) is 4.79 Å². The molecule has 1 heteroatoms. The van der Waals surface area contributed by atoms with Crippen molar-refractivity contribution in [1.82, 2.24) is 0 Å². The molecular weight excluding hydrogens is 136 g/mol. The summed E-state index contributed by atoms with van der Waals surface area (Å²) in [5.74, 6) is 0. The van der Waals surface area contributed by atoms with Gasteiger partial charge in [-0.15, -0.1) is 0 Å². The molecule has 0 aliphatic carbocycles. The average Bonchev–Trinajstić information content (AvgIpc) is 2.05. The third-order valence-corrected chi connectivity index (χ3v) is 1.35. The Kier molecular flexibility index (Phi) is 6.70. The number of unbranched alkanes of at least 4 members (excludes halogenated alkanes) is 1. The molecule has 0 aromatic rings. The Balaban J connectivity index is 3.93. The Morgan fingerprint density at radius 3 is 2.55 bits per heavy atom. The summed E-state index contributed by atoms with van der Waals surface area (Å²) in [7, 11) is 0. The Bertz CT molecular complexity index is 154. The highest BCUT2D eigenvalue weighted by molar-refractivity contribution is 5.77. The second kappa shape index (κ2) is 7.26. The molecule has 0 aromatic heterocycles. The van der Waals surface area contributed by atoms with Crippen molar-refractivity contribution in [3.05, 3.63) is 23.8 Å². The standard InChI is InChI=1S/C10H16O/c1-3-5-7-10(9-11)8-6-4-2/h5,7-9H,3-4,6H2,1-2H3/b7-5-,10-8+. The first-order chi connectivity index (χ1) is 5.35. The van der Waals surface area contributed by atoms with Gasteiger partial charge < -0.3 is 0 Å². The number of carbonyl (C=O) groups excluding carboxylic acids is 1. The van der Waals surface area contributed by atoms with Crippen LogP contribution in [-0.4, -0.2) is 6.29 Å². The minimum atomic E-state index is 0.800. The third kappa shape index (κ3) is 5.59. The van der Waals surface area contributed by atoms with E-state index in [4.69, 9.17) is 0 Å². The second-order valence-corrected chi connectivity index (χ2v) is 2.42. The first kappa shape index (κ1) is 10.2. The molecule has 0 bridgehead atoms. The molecule has 62 valence electrons. The quantitative estimate of drug-likeness (QED) is 0.336. The zero-order valence-electron chi connectivity index (χ0n) is 7.34. The third-order valence-electron chi connectivity index (χ3n) is 1.35. The van der Waals surface area contributed by atoms with Gasteiger partial charge in [0.2, 0.25) is 0 Å². The molecule has 0 amide bonds. The lowest BCUT2D eigenvalue weighted by Gasteiger charge is -1.88. The van der Waals surface area contributed by atoms with Crippen molar-refractivity contribution in [2.45, 2.75) is 33.1 Å². The number of hydrogen-bond donors (Lipinski definition) is 0. The molecule has 0 atom stereocenters. The maximum Gasteiger partial charge on any atom is 0.149 e. The van der Waals surface area contributed by atoms with Gasteiger partial charge in [-0.1, -0.05) is 38.5 Å². The van der Waals surface area contributed by atoms with Gasteiger partial charge >= 0.3 is 0 Å². The number of rotatable bonds is 5. The highest BCUT2D eigenvalue weighted by Crippen LogP contribution is 1.98. The van der Waals surface area contributed by atoms with Crippen LogP contribution in [0.5, 0.6) is 0 Å².